The first-order valence-corrected chi connectivity index (χ1v) is 11.3. The number of fused-ring (bicyclic) bond motifs is 2. The Morgan fingerprint density at radius 1 is 1.22 bits per heavy atom. The quantitative estimate of drug-likeness (QED) is 0.559. The minimum atomic E-state index is 0.0848. The lowest BCUT2D eigenvalue weighted by atomic mass is 10.2. The Hall–Kier alpha value is -3.30. The Bertz CT molecular complexity index is 1160. The molecule has 1 fully saturated rings. The Labute approximate surface area is 186 Å². The fourth-order valence-electron chi connectivity index (χ4n) is 4.67. The predicted molar refractivity (Wildman–Crippen MR) is 122 cm³/mol. The first-order chi connectivity index (χ1) is 15.4. The van der Waals surface area contributed by atoms with E-state index in [9.17, 15) is 9.90 Å². The molecule has 1 aliphatic carbocycles. The van der Waals surface area contributed by atoms with E-state index < -0.39 is 0 Å². The SMILES string of the molecule is CC(=O)N1CCN(c2nc(NCc3n[nH]c4c3CCC4)c3cn(C(C)C)c(O)c3n2)CC1. The highest BCUT2D eigenvalue weighted by Crippen LogP contribution is 2.34. The molecular weight excluding hydrogens is 408 g/mol. The number of amides is 1. The third kappa shape index (κ3) is 3.53. The second-order valence-electron chi connectivity index (χ2n) is 8.92. The number of hydrogen-bond acceptors (Lipinski definition) is 7. The average molecular weight is 439 g/mol. The van der Waals surface area contributed by atoms with Crippen LogP contribution in [0.3, 0.4) is 0 Å². The fourth-order valence-corrected chi connectivity index (χ4v) is 4.67. The van der Waals surface area contributed by atoms with Crippen molar-refractivity contribution in [1.29, 1.82) is 0 Å². The number of carbonyl (C=O) groups excluding carboxylic acids is 1. The Morgan fingerprint density at radius 3 is 2.72 bits per heavy atom. The number of carbonyl (C=O) groups is 1. The van der Waals surface area contributed by atoms with E-state index >= 15 is 0 Å². The van der Waals surface area contributed by atoms with Crippen LogP contribution in [0, 0.1) is 0 Å². The molecule has 3 aromatic rings. The van der Waals surface area contributed by atoms with E-state index in [4.69, 9.17) is 9.97 Å². The van der Waals surface area contributed by atoms with Gasteiger partial charge >= 0.3 is 0 Å². The molecule has 1 amide bonds. The molecule has 0 unspecified atom stereocenters. The summed E-state index contributed by atoms with van der Waals surface area (Å²) in [6.07, 6.45) is 5.18. The number of aromatic hydroxyl groups is 1. The van der Waals surface area contributed by atoms with Crippen LogP contribution < -0.4 is 10.2 Å². The van der Waals surface area contributed by atoms with Crippen LogP contribution in [0.5, 0.6) is 5.88 Å². The highest BCUT2D eigenvalue weighted by molar-refractivity contribution is 5.94. The number of anilines is 2. The Morgan fingerprint density at radius 2 is 2.00 bits per heavy atom. The summed E-state index contributed by atoms with van der Waals surface area (Å²) in [5, 5.41) is 22.7. The maximum Gasteiger partial charge on any atom is 0.228 e. The first kappa shape index (κ1) is 20.6. The molecule has 0 bridgehead atoms. The second kappa shape index (κ2) is 7.99. The van der Waals surface area contributed by atoms with E-state index in [1.54, 1.807) is 6.92 Å². The zero-order valence-electron chi connectivity index (χ0n) is 18.9. The van der Waals surface area contributed by atoms with Crippen LogP contribution in [0.1, 0.15) is 50.2 Å². The number of aryl methyl sites for hydroxylation is 1. The summed E-state index contributed by atoms with van der Waals surface area (Å²) in [5.74, 6) is 1.47. The molecule has 4 heterocycles. The normalized spacial score (nSPS) is 16.2. The number of nitrogens with zero attached hydrogens (tertiary/aromatic N) is 6. The number of hydrogen-bond donors (Lipinski definition) is 3. The smallest absolute Gasteiger partial charge is 0.228 e. The van der Waals surface area contributed by atoms with Gasteiger partial charge in [0, 0.05) is 51.0 Å². The number of aromatic amines is 1. The molecule has 0 atom stereocenters. The number of H-pyrrole nitrogens is 1. The van der Waals surface area contributed by atoms with Crippen molar-refractivity contribution in [1.82, 2.24) is 29.6 Å². The number of aromatic nitrogens is 5. The van der Waals surface area contributed by atoms with Gasteiger partial charge in [0.2, 0.25) is 17.7 Å². The van der Waals surface area contributed by atoms with Crippen LogP contribution >= 0.6 is 0 Å². The highest BCUT2D eigenvalue weighted by Gasteiger charge is 2.25. The molecule has 0 radical (unpaired) electrons. The maximum atomic E-state index is 11.7. The van der Waals surface area contributed by atoms with Gasteiger partial charge in [-0.15, -0.1) is 0 Å². The summed E-state index contributed by atoms with van der Waals surface area (Å²) >= 11 is 0. The summed E-state index contributed by atoms with van der Waals surface area (Å²) in [6.45, 7) is 8.78. The molecule has 10 nitrogen and oxygen atoms in total. The zero-order chi connectivity index (χ0) is 22.4. The lowest BCUT2D eigenvalue weighted by Crippen LogP contribution is -2.48. The summed E-state index contributed by atoms with van der Waals surface area (Å²) in [4.78, 5) is 25.1. The van der Waals surface area contributed by atoms with E-state index in [2.05, 4.69) is 20.4 Å². The van der Waals surface area contributed by atoms with E-state index in [-0.39, 0.29) is 17.8 Å². The summed E-state index contributed by atoms with van der Waals surface area (Å²) < 4.78 is 1.81. The number of nitrogens with one attached hydrogen (secondary N) is 2. The van der Waals surface area contributed by atoms with Gasteiger partial charge in [-0.1, -0.05) is 0 Å². The highest BCUT2D eigenvalue weighted by atomic mass is 16.3. The van der Waals surface area contributed by atoms with Crippen molar-refractivity contribution in [3.63, 3.8) is 0 Å². The van der Waals surface area contributed by atoms with Crippen LogP contribution in [0.2, 0.25) is 0 Å². The van der Waals surface area contributed by atoms with E-state index in [0.29, 0.717) is 50.0 Å². The van der Waals surface area contributed by atoms with Crippen LogP contribution in [0.25, 0.3) is 10.9 Å². The van der Waals surface area contributed by atoms with Crippen molar-refractivity contribution in [2.24, 2.45) is 0 Å². The third-order valence-electron chi connectivity index (χ3n) is 6.54. The maximum absolute atomic E-state index is 11.7. The molecular formula is C22H30N8O2. The largest absolute Gasteiger partial charge is 0.493 e. The molecule has 170 valence electrons. The second-order valence-corrected chi connectivity index (χ2v) is 8.92. The molecule has 0 aromatic carbocycles. The fraction of sp³-hybridized carbons (Fsp3) is 0.545. The van der Waals surface area contributed by atoms with Gasteiger partial charge in [0.15, 0.2) is 0 Å². The van der Waals surface area contributed by atoms with Crippen molar-refractivity contribution in [2.75, 3.05) is 36.4 Å². The average Bonchev–Trinajstić information content (AvgIpc) is 3.48. The molecule has 0 spiro atoms. The zero-order valence-corrected chi connectivity index (χ0v) is 18.9. The van der Waals surface area contributed by atoms with E-state index in [0.717, 1.165) is 30.3 Å². The molecule has 10 heteroatoms. The van der Waals surface area contributed by atoms with E-state index in [1.165, 1.54) is 11.3 Å². The van der Waals surface area contributed by atoms with Gasteiger partial charge in [-0.25, -0.2) is 4.98 Å². The topological polar surface area (TPSA) is 115 Å². The van der Waals surface area contributed by atoms with Crippen LogP contribution in [0.15, 0.2) is 6.20 Å². The van der Waals surface area contributed by atoms with Crippen molar-refractivity contribution < 1.29 is 9.90 Å². The minimum Gasteiger partial charge on any atom is -0.493 e. The van der Waals surface area contributed by atoms with Crippen molar-refractivity contribution in [3.05, 3.63) is 23.1 Å². The van der Waals surface area contributed by atoms with Crippen LogP contribution in [-0.2, 0) is 24.2 Å². The molecule has 32 heavy (non-hydrogen) atoms. The summed E-state index contributed by atoms with van der Waals surface area (Å²) in [6, 6.07) is 0.0919. The van der Waals surface area contributed by atoms with Crippen molar-refractivity contribution in [2.45, 2.75) is 52.6 Å². The lowest BCUT2D eigenvalue weighted by Gasteiger charge is -2.34. The Balaban J connectivity index is 1.48. The van der Waals surface area contributed by atoms with Crippen LogP contribution in [-0.4, -0.2) is 66.8 Å². The number of rotatable bonds is 5. The monoisotopic (exact) mass is 438 g/mol. The number of piperazine rings is 1. The first-order valence-electron chi connectivity index (χ1n) is 11.3. The van der Waals surface area contributed by atoms with Crippen LogP contribution in [0.4, 0.5) is 11.8 Å². The molecule has 1 aliphatic heterocycles. The Kier molecular flexibility index (Phi) is 5.15. The molecule has 5 rings (SSSR count). The van der Waals surface area contributed by atoms with Crippen molar-refractivity contribution in [3.8, 4) is 5.88 Å². The third-order valence-corrected chi connectivity index (χ3v) is 6.54. The molecule has 0 saturated carbocycles. The van der Waals surface area contributed by atoms with Gasteiger partial charge in [-0.2, -0.15) is 10.1 Å². The van der Waals surface area contributed by atoms with E-state index in [1.807, 2.05) is 29.5 Å². The standard InChI is InChI=1S/C22H30N8O2/c1-13(2)30-12-16-19(21(30)32)24-22(29-9-7-28(8-10-29)14(3)31)25-20(16)23-11-18-15-5-4-6-17(15)26-27-18/h12-13,32H,4-11H2,1-3H3,(H,26,27)(H,23,24,25). The molecule has 3 aromatic heterocycles. The molecule has 1 saturated heterocycles. The molecule has 3 N–H and O–H groups in total. The van der Waals surface area contributed by atoms with Gasteiger partial charge in [-0.05, 0) is 38.7 Å². The van der Waals surface area contributed by atoms with Gasteiger partial charge in [0.05, 0.1) is 17.6 Å². The van der Waals surface area contributed by atoms with Gasteiger partial charge < -0.3 is 24.8 Å². The van der Waals surface area contributed by atoms with Gasteiger partial charge in [0.1, 0.15) is 11.3 Å². The predicted octanol–water partition coefficient (Wildman–Crippen LogP) is 2.21. The summed E-state index contributed by atoms with van der Waals surface area (Å²) in [5.41, 5.74) is 4.11. The summed E-state index contributed by atoms with van der Waals surface area (Å²) in [7, 11) is 0. The lowest BCUT2D eigenvalue weighted by molar-refractivity contribution is -0.129. The van der Waals surface area contributed by atoms with Crippen molar-refractivity contribution >= 4 is 28.6 Å². The molecule has 2 aliphatic rings. The minimum absolute atomic E-state index is 0.0848. The van der Waals surface area contributed by atoms with Gasteiger partial charge in [0.25, 0.3) is 0 Å². The van der Waals surface area contributed by atoms with Gasteiger partial charge in [-0.3, -0.25) is 9.89 Å².